The Kier molecular flexibility index (Phi) is 3.03. The van der Waals surface area contributed by atoms with Crippen LogP contribution in [0.25, 0.3) is 0 Å². The van der Waals surface area contributed by atoms with E-state index in [1.165, 1.54) is 4.90 Å². The van der Waals surface area contributed by atoms with E-state index in [0.29, 0.717) is 19.3 Å². The van der Waals surface area contributed by atoms with Crippen LogP contribution in [0, 0.1) is 0 Å². The highest BCUT2D eigenvalue weighted by molar-refractivity contribution is 6.02. The zero-order valence-electron chi connectivity index (χ0n) is 7.99. The Balaban J connectivity index is 2.77. The first kappa shape index (κ1) is 10.2. The molecule has 4 heteroatoms. The molecule has 0 saturated carbocycles. The minimum absolute atomic E-state index is 0.155. The van der Waals surface area contributed by atoms with Crippen molar-refractivity contribution in [2.75, 3.05) is 0 Å². The van der Waals surface area contributed by atoms with E-state index in [4.69, 9.17) is 0 Å². The lowest BCUT2D eigenvalue weighted by Crippen LogP contribution is -2.45. The van der Waals surface area contributed by atoms with Crippen molar-refractivity contribution in [1.82, 2.24) is 4.90 Å². The number of amides is 2. The van der Waals surface area contributed by atoms with Crippen LogP contribution in [-0.2, 0) is 9.59 Å². The number of imide groups is 1. The summed E-state index contributed by atoms with van der Waals surface area (Å²) in [6, 6.07) is -0.345. The molecule has 1 heterocycles. The van der Waals surface area contributed by atoms with E-state index in [9.17, 15) is 14.7 Å². The largest absolute Gasteiger partial charge is 0.391 e. The van der Waals surface area contributed by atoms with E-state index in [-0.39, 0.29) is 17.9 Å². The van der Waals surface area contributed by atoms with Crippen molar-refractivity contribution in [3.8, 4) is 0 Å². The van der Waals surface area contributed by atoms with Gasteiger partial charge in [0.05, 0.1) is 12.1 Å². The summed E-state index contributed by atoms with van der Waals surface area (Å²) in [5, 5.41) is 9.36. The lowest BCUT2D eigenvalue weighted by atomic mass is 10.1. The van der Waals surface area contributed by atoms with Crippen molar-refractivity contribution >= 4 is 11.8 Å². The summed E-state index contributed by atoms with van der Waals surface area (Å²) in [5.74, 6) is -0.310. The van der Waals surface area contributed by atoms with Gasteiger partial charge in [0.2, 0.25) is 11.8 Å². The highest BCUT2D eigenvalue weighted by atomic mass is 16.3. The Bertz CT molecular complexity index is 209. The predicted octanol–water partition coefficient (Wildman–Crippen LogP) is 0.295. The Morgan fingerprint density at radius 1 is 1.38 bits per heavy atom. The van der Waals surface area contributed by atoms with Gasteiger partial charge in [0, 0.05) is 12.8 Å². The molecule has 0 aromatic rings. The zero-order chi connectivity index (χ0) is 10.0. The maximum Gasteiger partial charge on any atom is 0.230 e. The third kappa shape index (κ3) is 1.88. The molecule has 0 aliphatic carbocycles. The molecule has 13 heavy (non-hydrogen) atoms. The molecule has 2 amide bonds. The summed E-state index contributed by atoms with van der Waals surface area (Å²) in [7, 11) is 0. The molecule has 0 bridgehead atoms. The van der Waals surface area contributed by atoms with E-state index >= 15 is 0 Å². The Morgan fingerprint density at radius 3 is 2.15 bits per heavy atom. The fraction of sp³-hybridized carbons (Fsp3) is 0.778. The van der Waals surface area contributed by atoms with Gasteiger partial charge >= 0.3 is 0 Å². The molecule has 1 aliphatic heterocycles. The topological polar surface area (TPSA) is 57.6 Å². The van der Waals surface area contributed by atoms with Gasteiger partial charge in [-0.3, -0.25) is 14.5 Å². The Labute approximate surface area is 77.5 Å². The smallest absolute Gasteiger partial charge is 0.230 e. The summed E-state index contributed by atoms with van der Waals surface area (Å²) >= 11 is 0. The first-order chi connectivity index (χ1) is 6.07. The van der Waals surface area contributed by atoms with E-state index in [0.717, 1.165) is 0 Å². The maximum atomic E-state index is 11.3. The van der Waals surface area contributed by atoms with Gasteiger partial charge in [-0.2, -0.15) is 0 Å². The van der Waals surface area contributed by atoms with Gasteiger partial charge in [-0.15, -0.1) is 0 Å². The first-order valence-electron chi connectivity index (χ1n) is 4.61. The first-order valence-corrected chi connectivity index (χ1v) is 4.61. The number of carbonyl (C=O) groups is 2. The summed E-state index contributed by atoms with van der Waals surface area (Å²) in [4.78, 5) is 23.8. The number of nitrogens with zero attached hydrogens (tertiary/aromatic N) is 1. The van der Waals surface area contributed by atoms with Crippen LogP contribution < -0.4 is 0 Å². The number of aliphatic hydroxyl groups excluding tert-OH is 1. The molecule has 1 N–H and O–H groups in total. The summed E-state index contributed by atoms with van der Waals surface area (Å²) in [6.45, 7) is 3.46. The standard InChI is InChI=1S/C9H15NO3/c1-3-7(6(2)11)10-8(12)4-5-9(10)13/h6-7,11H,3-5H2,1-2H3. The average molecular weight is 185 g/mol. The normalized spacial score (nSPS) is 22.2. The van der Waals surface area contributed by atoms with Crippen LogP contribution in [-0.4, -0.2) is 34.0 Å². The van der Waals surface area contributed by atoms with E-state index in [1.54, 1.807) is 6.92 Å². The van der Waals surface area contributed by atoms with Crippen molar-refractivity contribution in [2.45, 2.75) is 45.3 Å². The highest BCUT2D eigenvalue weighted by Crippen LogP contribution is 2.19. The lowest BCUT2D eigenvalue weighted by Gasteiger charge is -2.27. The summed E-state index contributed by atoms with van der Waals surface area (Å²) in [5.41, 5.74) is 0. The minimum Gasteiger partial charge on any atom is -0.391 e. The number of hydrogen-bond acceptors (Lipinski definition) is 3. The Morgan fingerprint density at radius 2 is 1.85 bits per heavy atom. The Hall–Kier alpha value is -0.900. The van der Waals surface area contributed by atoms with Crippen molar-refractivity contribution in [1.29, 1.82) is 0 Å². The molecule has 1 aliphatic rings. The van der Waals surface area contributed by atoms with Crippen LogP contribution >= 0.6 is 0 Å². The third-order valence-corrected chi connectivity index (χ3v) is 2.40. The van der Waals surface area contributed by atoms with Crippen LogP contribution in [0.15, 0.2) is 0 Å². The molecular formula is C9H15NO3. The summed E-state index contributed by atoms with van der Waals surface area (Å²) < 4.78 is 0. The molecular weight excluding hydrogens is 170 g/mol. The molecule has 0 aromatic carbocycles. The van der Waals surface area contributed by atoms with Crippen LogP contribution in [0.5, 0.6) is 0 Å². The SMILES string of the molecule is CCC(C(C)O)N1C(=O)CCC1=O. The maximum absolute atomic E-state index is 11.3. The molecule has 0 spiro atoms. The molecule has 1 rings (SSSR count). The number of likely N-dealkylation sites (tertiary alicyclic amines) is 1. The number of rotatable bonds is 3. The minimum atomic E-state index is -0.643. The fourth-order valence-electron chi connectivity index (χ4n) is 1.70. The molecule has 1 saturated heterocycles. The third-order valence-electron chi connectivity index (χ3n) is 2.40. The van der Waals surface area contributed by atoms with Crippen LogP contribution in [0.4, 0.5) is 0 Å². The monoisotopic (exact) mass is 185 g/mol. The molecule has 0 radical (unpaired) electrons. The molecule has 0 aromatic heterocycles. The second kappa shape index (κ2) is 3.87. The molecule has 74 valence electrons. The van der Waals surface area contributed by atoms with Gasteiger partial charge in [0.1, 0.15) is 0 Å². The average Bonchev–Trinajstić information content (AvgIpc) is 2.36. The lowest BCUT2D eigenvalue weighted by molar-refractivity contribution is -0.143. The van der Waals surface area contributed by atoms with Crippen molar-refractivity contribution < 1.29 is 14.7 Å². The van der Waals surface area contributed by atoms with E-state index in [1.807, 2.05) is 6.92 Å². The molecule has 2 unspecified atom stereocenters. The van der Waals surface area contributed by atoms with Gasteiger partial charge in [-0.1, -0.05) is 6.92 Å². The predicted molar refractivity (Wildman–Crippen MR) is 46.8 cm³/mol. The van der Waals surface area contributed by atoms with Crippen LogP contribution in [0.2, 0.25) is 0 Å². The molecule has 2 atom stereocenters. The van der Waals surface area contributed by atoms with Crippen LogP contribution in [0.1, 0.15) is 33.1 Å². The second-order valence-corrected chi connectivity index (χ2v) is 3.37. The quantitative estimate of drug-likeness (QED) is 0.643. The highest BCUT2D eigenvalue weighted by Gasteiger charge is 2.35. The molecule has 1 fully saturated rings. The van der Waals surface area contributed by atoms with Gasteiger partial charge in [0.15, 0.2) is 0 Å². The zero-order valence-corrected chi connectivity index (χ0v) is 7.99. The van der Waals surface area contributed by atoms with Crippen molar-refractivity contribution in [3.63, 3.8) is 0 Å². The van der Waals surface area contributed by atoms with Gasteiger partial charge in [-0.25, -0.2) is 0 Å². The second-order valence-electron chi connectivity index (χ2n) is 3.37. The van der Waals surface area contributed by atoms with E-state index < -0.39 is 6.10 Å². The number of aliphatic hydroxyl groups is 1. The van der Waals surface area contributed by atoms with Gasteiger partial charge in [0.25, 0.3) is 0 Å². The fourth-order valence-corrected chi connectivity index (χ4v) is 1.70. The number of hydrogen-bond donors (Lipinski definition) is 1. The van der Waals surface area contributed by atoms with E-state index in [2.05, 4.69) is 0 Å². The van der Waals surface area contributed by atoms with Crippen molar-refractivity contribution in [2.24, 2.45) is 0 Å². The summed E-state index contributed by atoms with van der Waals surface area (Å²) in [6.07, 6.45) is 0.551. The number of carbonyl (C=O) groups excluding carboxylic acids is 2. The van der Waals surface area contributed by atoms with Crippen LogP contribution in [0.3, 0.4) is 0 Å². The van der Waals surface area contributed by atoms with Gasteiger partial charge in [-0.05, 0) is 13.3 Å². The van der Waals surface area contributed by atoms with Crippen molar-refractivity contribution in [3.05, 3.63) is 0 Å². The molecule has 4 nitrogen and oxygen atoms in total. The van der Waals surface area contributed by atoms with Gasteiger partial charge < -0.3 is 5.11 Å².